The third-order valence-electron chi connectivity index (χ3n) is 9.07. The molecule has 0 unspecified atom stereocenters. The Morgan fingerprint density at radius 1 is 1.06 bits per heavy atom. The number of tetrazole rings is 1. The molecule has 3 aromatic rings. The number of nitrogens with one attached hydrogen (secondary N) is 2. The lowest BCUT2D eigenvalue weighted by molar-refractivity contribution is -0.134. The van der Waals surface area contributed by atoms with E-state index >= 15 is 0 Å². The molecule has 0 bridgehead atoms. The van der Waals surface area contributed by atoms with Crippen LogP contribution in [0.4, 0.5) is 8.78 Å². The highest BCUT2D eigenvalue weighted by atomic mass is 19.1. The van der Waals surface area contributed by atoms with E-state index in [1.54, 1.807) is 12.1 Å². The normalized spacial score (nSPS) is 20.9. The molecule has 1 aliphatic carbocycles. The zero-order chi connectivity index (χ0) is 34.0. The molecule has 2 heterocycles. The Morgan fingerprint density at radius 2 is 1.72 bits per heavy atom. The van der Waals surface area contributed by atoms with Gasteiger partial charge < -0.3 is 15.0 Å². The largest absolute Gasteiger partial charge is 0.381 e. The topological polar surface area (TPSA) is 125 Å². The number of halogens is 2. The van der Waals surface area contributed by atoms with Crippen molar-refractivity contribution < 1.29 is 23.1 Å². The Hall–Kier alpha value is -4.06. The van der Waals surface area contributed by atoms with E-state index in [2.05, 4.69) is 67.5 Å². The fourth-order valence-electron chi connectivity index (χ4n) is 6.62. The first-order chi connectivity index (χ1) is 22.1. The highest BCUT2D eigenvalue weighted by molar-refractivity contribution is 6.46. The number of nitrogens with zero attached hydrogens (tertiary/aromatic N) is 5. The van der Waals surface area contributed by atoms with E-state index in [9.17, 15) is 18.4 Å². The summed E-state index contributed by atoms with van der Waals surface area (Å²) < 4.78 is 34.9. The van der Waals surface area contributed by atoms with Crippen molar-refractivity contribution in [3.8, 4) is 0 Å². The van der Waals surface area contributed by atoms with Crippen LogP contribution in [0.3, 0.4) is 0 Å². The van der Waals surface area contributed by atoms with Crippen LogP contribution in [-0.4, -0.2) is 61.9 Å². The number of carbonyl (C=O) groups is 2. The zero-order valence-corrected chi connectivity index (χ0v) is 28.1. The van der Waals surface area contributed by atoms with Crippen LogP contribution in [0.2, 0.25) is 0 Å². The van der Waals surface area contributed by atoms with Crippen molar-refractivity contribution >= 4 is 17.5 Å². The van der Waals surface area contributed by atoms with E-state index in [4.69, 9.17) is 9.73 Å². The van der Waals surface area contributed by atoms with Gasteiger partial charge in [-0.3, -0.25) is 14.6 Å². The van der Waals surface area contributed by atoms with E-state index in [1.165, 1.54) is 12.1 Å². The molecular weight excluding hydrogens is 604 g/mol. The van der Waals surface area contributed by atoms with Gasteiger partial charge in [-0.2, -0.15) is 5.21 Å². The van der Waals surface area contributed by atoms with Crippen LogP contribution in [0.15, 0.2) is 47.5 Å². The molecule has 1 aromatic heterocycles. The fourth-order valence-corrected chi connectivity index (χ4v) is 6.62. The molecule has 0 saturated heterocycles. The van der Waals surface area contributed by atoms with E-state index in [0.717, 1.165) is 24.5 Å². The zero-order valence-electron chi connectivity index (χ0n) is 28.1. The van der Waals surface area contributed by atoms with Crippen molar-refractivity contribution in [1.82, 2.24) is 30.8 Å². The summed E-state index contributed by atoms with van der Waals surface area (Å²) >= 11 is 0. The Morgan fingerprint density at radius 3 is 2.30 bits per heavy atom. The summed E-state index contributed by atoms with van der Waals surface area (Å²) in [6.07, 6.45) is 3.42. The smallest absolute Gasteiger partial charge is 0.275 e. The summed E-state index contributed by atoms with van der Waals surface area (Å²) in [4.78, 5) is 34.3. The van der Waals surface area contributed by atoms with E-state index in [1.807, 2.05) is 17.0 Å². The molecule has 1 aliphatic heterocycles. The number of hydrogen-bond acceptors (Lipinski definition) is 7. The summed E-state index contributed by atoms with van der Waals surface area (Å²) in [5.41, 5.74) is 0.603. The van der Waals surface area contributed by atoms with Crippen molar-refractivity contribution in [3.05, 3.63) is 76.6 Å². The molecule has 1 saturated carbocycles. The van der Waals surface area contributed by atoms with Crippen LogP contribution in [0.5, 0.6) is 0 Å². The number of carbonyl (C=O) groups excluding carboxylic acids is 2. The summed E-state index contributed by atoms with van der Waals surface area (Å²) in [7, 11) is 0. The molecule has 2 N–H and O–H groups in total. The third kappa shape index (κ3) is 8.09. The first-order valence-corrected chi connectivity index (χ1v) is 16.2. The quantitative estimate of drug-likeness (QED) is 0.253. The lowest BCUT2D eigenvalue weighted by Gasteiger charge is -2.47. The molecule has 1 spiro atoms. The van der Waals surface area contributed by atoms with E-state index in [0.29, 0.717) is 49.8 Å². The van der Waals surface area contributed by atoms with Gasteiger partial charge in [0, 0.05) is 23.8 Å². The third-order valence-corrected chi connectivity index (χ3v) is 9.07. The summed E-state index contributed by atoms with van der Waals surface area (Å²) in [6, 6.07) is 9.79. The maximum atomic E-state index is 14.5. The minimum atomic E-state index is -0.883. The van der Waals surface area contributed by atoms with Crippen LogP contribution in [-0.2, 0) is 16.1 Å². The van der Waals surface area contributed by atoms with Gasteiger partial charge in [-0.05, 0) is 78.7 Å². The van der Waals surface area contributed by atoms with Gasteiger partial charge in [-0.1, -0.05) is 58.9 Å². The molecule has 12 heteroatoms. The van der Waals surface area contributed by atoms with Crippen LogP contribution in [0.1, 0.15) is 107 Å². The van der Waals surface area contributed by atoms with Crippen LogP contribution < -0.4 is 5.32 Å². The van der Waals surface area contributed by atoms with Crippen molar-refractivity contribution in [1.29, 1.82) is 0 Å². The number of aromatic nitrogens is 4. The maximum absolute atomic E-state index is 14.5. The van der Waals surface area contributed by atoms with Crippen LogP contribution in [0.25, 0.3) is 0 Å². The first kappa shape index (κ1) is 34.3. The van der Waals surface area contributed by atoms with Crippen molar-refractivity contribution in [2.24, 2.45) is 21.7 Å². The highest BCUT2D eigenvalue weighted by Gasteiger charge is 2.52. The second kappa shape index (κ2) is 13.6. The van der Waals surface area contributed by atoms with Gasteiger partial charge in [0.1, 0.15) is 23.0 Å². The average Bonchev–Trinajstić information content (AvgIpc) is 3.61. The molecule has 2 aromatic carbocycles. The molecule has 252 valence electrons. The molecule has 47 heavy (non-hydrogen) atoms. The predicted octanol–water partition coefficient (Wildman–Crippen LogP) is 6.17. The Balaban J connectivity index is 1.49. The second-order valence-corrected chi connectivity index (χ2v) is 15.0. The van der Waals surface area contributed by atoms with Gasteiger partial charge in [-0.25, -0.2) is 8.78 Å². The number of aromatic amines is 1. The van der Waals surface area contributed by atoms with E-state index < -0.39 is 23.3 Å². The van der Waals surface area contributed by atoms with Gasteiger partial charge in [0.25, 0.3) is 11.8 Å². The Bertz CT molecular complexity index is 1570. The van der Waals surface area contributed by atoms with Crippen molar-refractivity contribution in [2.45, 2.75) is 91.9 Å². The lowest BCUT2D eigenvalue weighted by Crippen LogP contribution is -2.51. The number of amides is 2. The molecular formula is C35H45F2N7O3. The summed E-state index contributed by atoms with van der Waals surface area (Å²) in [5.74, 6) is -1.40. The maximum Gasteiger partial charge on any atom is 0.275 e. The second-order valence-electron chi connectivity index (χ2n) is 15.0. The molecule has 2 amide bonds. The number of rotatable bonds is 10. The molecule has 0 radical (unpaired) electrons. The molecule has 2 aliphatic rings. The SMILES string of the molecule is CC(C)(C)COCC[C@H](c1ccc(C(=O)NCc2nn[nH]n2)cc1)N1C(=O)C(c2cc(F)cc(F)c2)=NC12CCC(C(C)(C)C)CC2. The molecule has 5 rings (SSSR count). The predicted molar refractivity (Wildman–Crippen MR) is 173 cm³/mol. The van der Waals surface area contributed by atoms with Crippen molar-refractivity contribution in [2.75, 3.05) is 13.2 Å². The van der Waals surface area contributed by atoms with Gasteiger partial charge in [0.15, 0.2) is 5.82 Å². The van der Waals surface area contributed by atoms with Gasteiger partial charge in [0.05, 0.1) is 19.2 Å². The lowest BCUT2D eigenvalue weighted by atomic mass is 9.69. The minimum absolute atomic E-state index is 0.0419. The standard InChI is InChI=1S/C35H45F2N7O3/c1-33(2,3)21-47-16-13-28(22-7-9-23(10-8-22)31(45)38-20-29-40-42-43-41-29)44-32(46)30(24-17-26(36)19-27(37)18-24)39-35(44)14-11-25(12-15-35)34(4,5)6/h7-10,17-19,25,28H,11-16,20-21H2,1-6H3,(H,38,45)(H,40,41,42,43)/t25?,28-,35?/m1/s1. The average molecular weight is 650 g/mol. The van der Waals surface area contributed by atoms with Gasteiger partial charge >= 0.3 is 0 Å². The van der Waals surface area contributed by atoms with Crippen molar-refractivity contribution in [3.63, 3.8) is 0 Å². The summed E-state index contributed by atoms with van der Waals surface area (Å²) in [5, 5.41) is 16.3. The molecule has 1 atom stereocenters. The van der Waals surface area contributed by atoms with Crippen LogP contribution >= 0.6 is 0 Å². The van der Waals surface area contributed by atoms with E-state index in [-0.39, 0.29) is 40.5 Å². The number of benzene rings is 2. The monoisotopic (exact) mass is 649 g/mol. The Labute approximate surface area is 274 Å². The number of aliphatic imine (C=N–C) groups is 1. The molecule has 10 nitrogen and oxygen atoms in total. The first-order valence-electron chi connectivity index (χ1n) is 16.2. The highest BCUT2D eigenvalue weighted by Crippen LogP contribution is 2.49. The number of H-pyrrole nitrogens is 1. The van der Waals surface area contributed by atoms with Gasteiger partial charge in [0.2, 0.25) is 0 Å². The van der Waals surface area contributed by atoms with Crippen LogP contribution in [0, 0.1) is 28.4 Å². The molecule has 1 fully saturated rings. The van der Waals surface area contributed by atoms with Gasteiger partial charge in [-0.15, -0.1) is 10.2 Å². The fraction of sp³-hybridized carbons (Fsp3) is 0.543. The Kier molecular flexibility index (Phi) is 9.91. The number of hydrogen-bond donors (Lipinski definition) is 2. The summed E-state index contributed by atoms with van der Waals surface area (Å²) in [6.45, 7) is 14.0. The minimum Gasteiger partial charge on any atom is -0.381 e. The number of ether oxygens (including phenoxy) is 1.